The van der Waals surface area contributed by atoms with E-state index < -0.39 is 0 Å². The number of phenols is 1. The SMILES string of the molecule is CC(C)(C)CC(C)(C)c1cc(-n2nc3ccccc3n2)c(O)c(C(C)(C)CC(C)(C)C)c1. The molecule has 0 spiro atoms. The van der Waals surface area contributed by atoms with Gasteiger partial charge in [-0.05, 0) is 58.3 Å². The minimum atomic E-state index is -0.211. The van der Waals surface area contributed by atoms with Crippen molar-refractivity contribution in [3.8, 4) is 11.4 Å². The summed E-state index contributed by atoms with van der Waals surface area (Å²) in [6, 6.07) is 12.1. The van der Waals surface area contributed by atoms with Gasteiger partial charge in [-0.15, -0.1) is 15.0 Å². The number of rotatable bonds is 5. The Hall–Kier alpha value is -2.36. The minimum absolute atomic E-state index is 0.0696. The molecule has 1 aromatic heterocycles. The molecular formula is C28H41N3O. The Morgan fingerprint density at radius 3 is 1.66 bits per heavy atom. The minimum Gasteiger partial charge on any atom is -0.505 e. The summed E-state index contributed by atoms with van der Waals surface area (Å²) in [5.41, 5.74) is 4.49. The maximum Gasteiger partial charge on any atom is 0.146 e. The van der Waals surface area contributed by atoms with E-state index in [0.717, 1.165) is 29.4 Å². The summed E-state index contributed by atoms with van der Waals surface area (Å²) in [6.07, 6.45) is 1.97. The Bertz CT molecular complexity index is 1070. The standard InChI is InChI=1S/C28H41N3O/c1-25(2,3)17-27(7,8)19-15-20(28(9,10)18-26(4,5)6)24(32)23(16-19)31-29-21-13-11-12-14-22(21)30-31/h11-16,32H,17-18H2,1-10H3. The van der Waals surface area contributed by atoms with Gasteiger partial charge in [-0.2, -0.15) is 0 Å². The highest BCUT2D eigenvalue weighted by Gasteiger charge is 2.34. The van der Waals surface area contributed by atoms with Crippen molar-refractivity contribution in [2.75, 3.05) is 0 Å². The highest BCUT2D eigenvalue weighted by atomic mass is 16.3. The second kappa shape index (κ2) is 7.90. The number of phenolic OH excluding ortho intramolecular Hbond substituents is 1. The van der Waals surface area contributed by atoms with Crippen LogP contribution in [0.5, 0.6) is 5.75 Å². The van der Waals surface area contributed by atoms with Crippen molar-refractivity contribution in [3.63, 3.8) is 0 Å². The Balaban J connectivity index is 2.26. The largest absolute Gasteiger partial charge is 0.505 e. The van der Waals surface area contributed by atoms with E-state index in [2.05, 4.69) is 91.6 Å². The predicted octanol–water partition coefficient (Wildman–Crippen LogP) is 7.55. The Morgan fingerprint density at radius 2 is 1.19 bits per heavy atom. The zero-order valence-electron chi connectivity index (χ0n) is 21.7. The molecule has 0 unspecified atom stereocenters. The first-order valence-electron chi connectivity index (χ1n) is 11.7. The molecule has 0 aliphatic heterocycles. The zero-order valence-corrected chi connectivity index (χ0v) is 21.7. The van der Waals surface area contributed by atoms with Gasteiger partial charge in [-0.25, -0.2) is 0 Å². The van der Waals surface area contributed by atoms with E-state index in [-0.39, 0.29) is 27.4 Å². The van der Waals surface area contributed by atoms with Crippen molar-refractivity contribution in [2.24, 2.45) is 10.8 Å². The smallest absolute Gasteiger partial charge is 0.146 e. The molecule has 1 heterocycles. The van der Waals surface area contributed by atoms with Crippen LogP contribution in [0.25, 0.3) is 16.7 Å². The molecule has 2 aromatic carbocycles. The van der Waals surface area contributed by atoms with Gasteiger partial charge >= 0.3 is 0 Å². The quantitative estimate of drug-likeness (QED) is 0.450. The van der Waals surface area contributed by atoms with E-state index in [0.29, 0.717) is 5.69 Å². The van der Waals surface area contributed by atoms with E-state index in [1.165, 1.54) is 5.56 Å². The second-order valence-electron chi connectivity index (χ2n) is 13.1. The lowest BCUT2D eigenvalue weighted by atomic mass is 9.68. The van der Waals surface area contributed by atoms with Crippen molar-refractivity contribution < 1.29 is 5.11 Å². The van der Waals surface area contributed by atoms with Crippen molar-refractivity contribution in [3.05, 3.63) is 47.5 Å². The van der Waals surface area contributed by atoms with Crippen LogP contribution >= 0.6 is 0 Å². The van der Waals surface area contributed by atoms with Crippen molar-refractivity contribution >= 4 is 11.0 Å². The van der Waals surface area contributed by atoms with Gasteiger partial charge in [0.25, 0.3) is 0 Å². The normalized spacial score (nSPS) is 13.7. The molecule has 0 aliphatic rings. The lowest BCUT2D eigenvalue weighted by molar-refractivity contribution is 0.274. The van der Waals surface area contributed by atoms with Crippen LogP contribution < -0.4 is 0 Å². The molecule has 0 atom stereocenters. The maximum atomic E-state index is 11.5. The summed E-state index contributed by atoms with van der Waals surface area (Å²) in [6.45, 7) is 22.6. The van der Waals surface area contributed by atoms with Crippen LogP contribution in [0.2, 0.25) is 0 Å². The summed E-state index contributed by atoms with van der Waals surface area (Å²) >= 11 is 0. The number of benzene rings is 2. The number of aromatic hydroxyl groups is 1. The summed E-state index contributed by atoms with van der Waals surface area (Å²) in [5.74, 6) is 0.273. The number of hydrogen-bond donors (Lipinski definition) is 1. The van der Waals surface area contributed by atoms with Gasteiger partial charge < -0.3 is 5.11 Å². The summed E-state index contributed by atoms with van der Waals surface area (Å²) in [7, 11) is 0. The first kappa shape index (κ1) is 24.3. The highest BCUT2D eigenvalue weighted by molar-refractivity contribution is 5.74. The van der Waals surface area contributed by atoms with Gasteiger partial charge in [0.1, 0.15) is 22.5 Å². The Kier molecular flexibility index (Phi) is 5.99. The maximum absolute atomic E-state index is 11.5. The molecule has 4 nitrogen and oxygen atoms in total. The number of fused-ring (bicyclic) bond motifs is 1. The van der Waals surface area contributed by atoms with Gasteiger partial charge in [-0.3, -0.25) is 0 Å². The third-order valence-electron chi connectivity index (χ3n) is 6.05. The average Bonchev–Trinajstić information content (AvgIpc) is 3.01. The Labute approximate surface area is 194 Å². The average molecular weight is 436 g/mol. The van der Waals surface area contributed by atoms with E-state index in [1.807, 2.05) is 24.3 Å². The van der Waals surface area contributed by atoms with E-state index in [1.54, 1.807) is 4.80 Å². The fraction of sp³-hybridized carbons (Fsp3) is 0.571. The fourth-order valence-corrected chi connectivity index (χ4v) is 5.49. The van der Waals surface area contributed by atoms with Crippen molar-refractivity contribution in [1.29, 1.82) is 0 Å². The molecule has 0 saturated heterocycles. The predicted molar refractivity (Wildman–Crippen MR) is 135 cm³/mol. The van der Waals surface area contributed by atoms with E-state index in [9.17, 15) is 5.11 Å². The number of nitrogens with zero attached hydrogens (tertiary/aromatic N) is 3. The van der Waals surface area contributed by atoms with Gasteiger partial charge in [0.15, 0.2) is 0 Å². The lowest BCUT2D eigenvalue weighted by Gasteiger charge is -2.37. The number of hydrogen-bond acceptors (Lipinski definition) is 3. The number of aromatic nitrogens is 3. The first-order valence-corrected chi connectivity index (χ1v) is 11.7. The summed E-state index contributed by atoms with van der Waals surface area (Å²) < 4.78 is 0. The monoisotopic (exact) mass is 435 g/mol. The van der Waals surface area contributed by atoms with Crippen LogP contribution in [0.3, 0.4) is 0 Å². The fourth-order valence-electron chi connectivity index (χ4n) is 5.49. The van der Waals surface area contributed by atoms with Crippen LogP contribution in [-0.4, -0.2) is 20.1 Å². The topological polar surface area (TPSA) is 50.9 Å². The third-order valence-corrected chi connectivity index (χ3v) is 6.05. The van der Waals surface area contributed by atoms with Crippen LogP contribution in [0, 0.1) is 10.8 Å². The van der Waals surface area contributed by atoms with Crippen LogP contribution in [0.4, 0.5) is 0 Å². The van der Waals surface area contributed by atoms with Crippen LogP contribution in [0.1, 0.15) is 93.2 Å². The molecule has 1 N–H and O–H groups in total. The molecule has 4 heteroatoms. The lowest BCUT2D eigenvalue weighted by Crippen LogP contribution is -2.28. The molecule has 0 fully saturated rings. The highest BCUT2D eigenvalue weighted by Crippen LogP contribution is 2.45. The van der Waals surface area contributed by atoms with Crippen LogP contribution in [0.15, 0.2) is 36.4 Å². The molecule has 0 aliphatic carbocycles. The molecular weight excluding hydrogens is 394 g/mol. The van der Waals surface area contributed by atoms with Crippen molar-refractivity contribution in [1.82, 2.24) is 15.0 Å². The van der Waals surface area contributed by atoms with Gasteiger partial charge in [0.05, 0.1) is 0 Å². The molecule has 0 bridgehead atoms. The molecule has 0 saturated carbocycles. The molecule has 32 heavy (non-hydrogen) atoms. The molecule has 0 radical (unpaired) electrons. The zero-order chi connectivity index (χ0) is 24.1. The molecule has 3 rings (SSSR count). The van der Waals surface area contributed by atoms with E-state index >= 15 is 0 Å². The summed E-state index contributed by atoms with van der Waals surface area (Å²) in [5, 5.41) is 20.9. The van der Waals surface area contributed by atoms with Crippen molar-refractivity contribution in [2.45, 2.75) is 92.9 Å². The van der Waals surface area contributed by atoms with Gasteiger partial charge in [0, 0.05) is 5.56 Å². The third kappa shape index (κ3) is 5.33. The Morgan fingerprint density at radius 1 is 0.719 bits per heavy atom. The summed E-state index contributed by atoms with van der Waals surface area (Å²) in [4.78, 5) is 1.60. The molecule has 0 amide bonds. The molecule has 174 valence electrons. The first-order chi connectivity index (χ1) is 14.5. The second-order valence-corrected chi connectivity index (χ2v) is 13.1. The van der Waals surface area contributed by atoms with Gasteiger partial charge in [-0.1, -0.05) is 87.4 Å². The molecule has 3 aromatic rings. The van der Waals surface area contributed by atoms with Gasteiger partial charge in [0.2, 0.25) is 0 Å². The van der Waals surface area contributed by atoms with E-state index in [4.69, 9.17) is 0 Å². The van der Waals surface area contributed by atoms with Crippen LogP contribution in [-0.2, 0) is 10.8 Å².